The molecule has 2 aromatic heterocycles. The minimum absolute atomic E-state index is 0.181. The zero-order valence-corrected chi connectivity index (χ0v) is 15.6. The van der Waals surface area contributed by atoms with Gasteiger partial charge in [0.15, 0.2) is 5.60 Å². The minimum atomic E-state index is -0.403. The third kappa shape index (κ3) is 3.71. The Morgan fingerprint density at radius 3 is 3.04 bits per heavy atom. The molecule has 0 saturated carbocycles. The lowest BCUT2D eigenvalue weighted by Crippen LogP contribution is -2.36. The zero-order valence-electron chi connectivity index (χ0n) is 15.6. The molecule has 1 fully saturated rings. The van der Waals surface area contributed by atoms with Crippen LogP contribution in [0, 0.1) is 13.8 Å². The average molecular weight is 369 g/mol. The molecule has 1 amide bonds. The van der Waals surface area contributed by atoms with E-state index in [9.17, 15) is 4.79 Å². The summed E-state index contributed by atoms with van der Waals surface area (Å²) in [7, 11) is 0. The van der Waals surface area contributed by atoms with Crippen molar-refractivity contribution < 1.29 is 14.2 Å². The zero-order chi connectivity index (χ0) is 18.9. The number of carbonyl (C=O) groups excluding carboxylic acids is 1. The summed E-state index contributed by atoms with van der Waals surface area (Å²) in [4.78, 5) is 24.5. The van der Waals surface area contributed by atoms with E-state index >= 15 is 0 Å². The topological polar surface area (TPSA) is 92.9 Å². The number of hydrogen-bond acceptors (Lipinski definition) is 7. The summed E-state index contributed by atoms with van der Waals surface area (Å²) in [6.45, 7) is 6.72. The Morgan fingerprint density at radius 2 is 2.30 bits per heavy atom. The van der Waals surface area contributed by atoms with Crippen molar-refractivity contribution in [1.29, 1.82) is 0 Å². The molecule has 1 N–H and O–H groups in total. The lowest BCUT2D eigenvalue weighted by molar-refractivity contribution is -0.115. The second-order valence-electron chi connectivity index (χ2n) is 7.30. The molecule has 142 valence electrons. The number of nitrogens with zero attached hydrogens (tertiary/aromatic N) is 4. The lowest BCUT2D eigenvalue weighted by atomic mass is 9.96. The second-order valence-corrected chi connectivity index (χ2v) is 7.30. The molecule has 0 aliphatic carbocycles. The van der Waals surface area contributed by atoms with Gasteiger partial charge in [-0.1, -0.05) is 16.4 Å². The maximum Gasteiger partial charge on any atom is 0.269 e. The molecule has 1 atom stereocenters. The number of carbonyl (C=O) groups is 1. The summed E-state index contributed by atoms with van der Waals surface area (Å²) in [5.41, 5.74) is 3.05. The monoisotopic (exact) mass is 369 g/mol. The van der Waals surface area contributed by atoms with E-state index in [2.05, 4.69) is 25.5 Å². The van der Waals surface area contributed by atoms with Crippen LogP contribution in [0.3, 0.4) is 0 Å². The van der Waals surface area contributed by atoms with Crippen LogP contribution >= 0.6 is 0 Å². The number of oxime groups is 1. The highest BCUT2D eigenvalue weighted by molar-refractivity contribution is 6.39. The Balaban J connectivity index is 1.31. The van der Waals surface area contributed by atoms with Crippen molar-refractivity contribution >= 4 is 11.6 Å². The molecule has 8 nitrogen and oxygen atoms in total. The maximum atomic E-state index is 12.4. The van der Waals surface area contributed by atoms with E-state index in [1.165, 1.54) is 0 Å². The number of rotatable bonds is 5. The Hall–Kier alpha value is -2.74. The van der Waals surface area contributed by atoms with Crippen LogP contribution in [0.5, 0.6) is 0 Å². The van der Waals surface area contributed by atoms with Gasteiger partial charge in [0, 0.05) is 57.0 Å². The van der Waals surface area contributed by atoms with Gasteiger partial charge in [-0.15, -0.1) is 0 Å². The molecule has 8 heteroatoms. The van der Waals surface area contributed by atoms with Crippen LogP contribution in [-0.2, 0) is 22.7 Å². The van der Waals surface area contributed by atoms with E-state index in [4.69, 9.17) is 9.36 Å². The first kappa shape index (κ1) is 17.7. The van der Waals surface area contributed by atoms with E-state index in [1.54, 1.807) is 12.4 Å². The van der Waals surface area contributed by atoms with Gasteiger partial charge in [-0.25, -0.2) is 0 Å². The van der Waals surface area contributed by atoms with Crippen molar-refractivity contribution in [3.63, 3.8) is 0 Å². The largest absolute Gasteiger partial charge is 0.387 e. The Bertz CT molecular complexity index is 844. The fourth-order valence-corrected chi connectivity index (χ4v) is 3.66. The first-order chi connectivity index (χ1) is 13.0. The van der Waals surface area contributed by atoms with Crippen molar-refractivity contribution in [2.24, 2.45) is 5.16 Å². The molecule has 4 heterocycles. The number of aromatic nitrogens is 2. The number of hydrogen-bond donors (Lipinski definition) is 1. The van der Waals surface area contributed by atoms with Gasteiger partial charge in [-0.3, -0.25) is 14.7 Å². The normalized spacial score (nSPS) is 22.1. The molecule has 2 aliphatic heterocycles. The summed E-state index contributed by atoms with van der Waals surface area (Å²) in [6, 6.07) is 3.77. The van der Waals surface area contributed by atoms with Gasteiger partial charge < -0.3 is 14.7 Å². The van der Waals surface area contributed by atoms with Gasteiger partial charge in [-0.05, 0) is 25.5 Å². The average Bonchev–Trinajstić information content (AvgIpc) is 3.37. The fourth-order valence-electron chi connectivity index (χ4n) is 3.66. The van der Waals surface area contributed by atoms with Gasteiger partial charge in [0.2, 0.25) is 0 Å². The van der Waals surface area contributed by atoms with Crippen LogP contribution < -0.4 is 5.32 Å². The molecule has 2 aromatic rings. The smallest absolute Gasteiger partial charge is 0.269 e. The molecule has 0 bridgehead atoms. The van der Waals surface area contributed by atoms with E-state index in [0.29, 0.717) is 18.7 Å². The molecular weight excluding hydrogens is 346 g/mol. The Labute approximate surface area is 157 Å². The van der Waals surface area contributed by atoms with Crippen molar-refractivity contribution in [3.05, 3.63) is 47.1 Å². The quantitative estimate of drug-likeness (QED) is 0.863. The first-order valence-electron chi connectivity index (χ1n) is 9.11. The number of nitrogens with one attached hydrogen (secondary N) is 1. The van der Waals surface area contributed by atoms with Crippen molar-refractivity contribution in [3.8, 4) is 0 Å². The maximum absolute atomic E-state index is 12.4. The highest BCUT2D eigenvalue weighted by atomic mass is 16.7. The highest BCUT2D eigenvalue weighted by Gasteiger charge is 2.46. The molecule has 27 heavy (non-hydrogen) atoms. The van der Waals surface area contributed by atoms with E-state index in [-0.39, 0.29) is 5.91 Å². The van der Waals surface area contributed by atoms with Crippen LogP contribution in [0.4, 0.5) is 0 Å². The van der Waals surface area contributed by atoms with Gasteiger partial charge in [0.1, 0.15) is 11.5 Å². The third-order valence-corrected chi connectivity index (χ3v) is 5.24. The van der Waals surface area contributed by atoms with Gasteiger partial charge >= 0.3 is 0 Å². The lowest BCUT2D eigenvalue weighted by Gasteiger charge is -2.21. The van der Waals surface area contributed by atoms with Crippen LogP contribution in [0.2, 0.25) is 0 Å². The van der Waals surface area contributed by atoms with Crippen LogP contribution in [-0.4, -0.2) is 45.3 Å². The fraction of sp³-hybridized carbons (Fsp3) is 0.474. The van der Waals surface area contributed by atoms with Crippen LogP contribution in [0.25, 0.3) is 0 Å². The van der Waals surface area contributed by atoms with E-state index in [1.807, 2.05) is 26.0 Å². The van der Waals surface area contributed by atoms with E-state index in [0.717, 1.165) is 48.6 Å². The summed E-state index contributed by atoms with van der Waals surface area (Å²) in [5.74, 6) is 0.674. The predicted octanol–water partition coefficient (Wildman–Crippen LogP) is 1.72. The van der Waals surface area contributed by atoms with Crippen molar-refractivity contribution in [2.75, 3.05) is 13.1 Å². The second kappa shape index (κ2) is 7.11. The molecule has 4 rings (SSSR count). The number of amides is 1. The molecular formula is C19H23N5O3. The van der Waals surface area contributed by atoms with Crippen LogP contribution in [0.1, 0.15) is 35.4 Å². The third-order valence-electron chi connectivity index (χ3n) is 5.24. The highest BCUT2D eigenvalue weighted by Crippen LogP contribution is 2.35. The predicted molar refractivity (Wildman–Crippen MR) is 97.8 cm³/mol. The molecule has 1 saturated heterocycles. The van der Waals surface area contributed by atoms with Gasteiger partial charge in [0.05, 0.1) is 5.69 Å². The Morgan fingerprint density at radius 1 is 1.41 bits per heavy atom. The summed E-state index contributed by atoms with van der Waals surface area (Å²) in [6.07, 6.45) is 4.82. The van der Waals surface area contributed by atoms with E-state index < -0.39 is 5.60 Å². The number of likely N-dealkylation sites (tertiary alicyclic amines) is 1. The first-order valence-corrected chi connectivity index (χ1v) is 9.11. The number of aryl methyl sites for hydroxylation is 2. The standard InChI is InChI=1S/C19H23N5O3/c1-13-16(14(2)26-22-13)11-24-7-5-19(12-24)8-17(23-27-19)18(25)21-10-15-4-3-6-20-9-15/h3-4,6,9H,5,7-8,10-12H2,1-2H3,(H,21,25)/t19-/m0/s1. The molecule has 2 aliphatic rings. The molecule has 0 unspecified atom stereocenters. The number of pyridine rings is 1. The van der Waals surface area contributed by atoms with Crippen LogP contribution in [0.15, 0.2) is 34.2 Å². The van der Waals surface area contributed by atoms with Crippen molar-refractivity contribution in [2.45, 2.75) is 45.4 Å². The molecule has 0 aromatic carbocycles. The molecule has 0 radical (unpaired) electrons. The van der Waals surface area contributed by atoms with Crippen molar-refractivity contribution in [1.82, 2.24) is 20.4 Å². The summed E-state index contributed by atoms with van der Waals surface area (Å²) >= 11 is 0. The summed E-state index contributed by atoms with van der Waals surface area (Å²) < 4.78 is 5.25. The molecule has 1 spiro atoms. The van der Waals surface area contributed by atoms with Gasteiger partial charge in [0.25, 0.3) is 5.91 Å². The minimum Gasteiger partial charge on any atom is -0.387 e. The Kier molecular flexibility index (Phi) is 4.65. The SMILES string of the molecule is Cc1noc(C)c1CN1CC[C@]2(CC(C(=O)NCc3cccnc3)=NO2)C1. The van der Waals surface area contributed by atoms with Gasteiger partial charge in [-0.2, -0.15) is 0 Å². The summed E-state index contributed by atoms with van der Waals surface area (Å²) in [5, 5.41) is 11.0.